The second-order valence-corrected chi connectivity index (χ2v) is 40.0. The van der Waals surface area contributed by atoms with Gasteiger partial charge in [-0.25, -0.2) is 0 Å². The van der Waals surface area contributed by atoms with Gasteiger partial charge in [-0.05, 0) is 39.4 Å². The zero-order valence-corrected chi connectivity index (χ0v) is 76.8. The zero-order chi connectivity index (χ0) is 88.2. The van der Waals surface area contributed by atoms with Gasteiger partial charge in [0.15, 0.2) is 0 Å². The van der Waals surface area contributed by atoms with Crippen LogP contribution in [0.4, 0.5) is 0 Å². The predicted molar refractivity (Wildman–Crippen MR) is 568 cm³/mol. The molecule has 0 atom stereocenters. The first kappa shape index (κ1) is 79.4. The summed E-state index contributed by atoms with van der Waals surface area (Å²) in [7, 11) is 0. The molecule has 0 unspecified atom stereocenters. The fraction of sp³-hybridized carbons (Fsp3) is 0.0233. The number of para-hydroxylation sites is 2. The van der Waals surface area contributed by atoms with Crippen molar-refractivity contribution >= 4 is 111 Å². The van der Waals surface area contributed by atoms with Crippen molar-refractivity contribution in [3.63, 3.8) is 0 Å². The van der Waals surface area contributed by atoms with Gasteiger partial charge in [0.2, 0.25) is 0 Å². The summed E-state index contributed by atoms with van der Waals surface area (Å²) in [5.74, 6) is 0. The van der Waals surface area contributed by atoms with Gasteiger partial charge >= 0.3 is 636 Å². The summed E-state index contributed by atoms with van der Waals surface area (Å²) in [5.41, 5.74) is 42.3. The molecule has 0 fully saturated rings. The Labute approximate surface area is 785 Å². The Morgan fingerprint density at radius 1 is 0.150 bits per heavy atom. The van der Waals surface area contributed by atoms with Crippen LogP contribution in [0.15, 0.2) is 485 Å². The van der Waals surface area contributed by atoms with Gasteiger partial charge in [0.25, 0.3) is 0 Å². The molecular formula is C129H86N2Se2. The Hall–Kier alpha value is -15.7. The van der Waals surface area contributed by atoms with Crippen LogP contribution in [0, 0.1) is 0 Å². The van der Waals surface area contributed by atoms with Crippen LogP contribution >= 0.6 is 0 Å². The normalized spacial score (nSPS) is 12.2. The molecule has 0 saturated heterocycles. The van der Waals surface area contributed by atoms with E-state index in [2.05, 4.69) is 508 Å². The van der Waals surface area contributed by atoms with Gasteiger partial charge in [0.1, 0.15) is 0 Å². The standard InChI is InChI=1S/C69H47NSe.C60H39NSe/c1-69(2)63-30-13-12-25-57(63)58-34-31-50(43-64(58)69)48-32-35-65-61(41-48)62-42-49(33-36-66(62)70(65)54-23-10-5-11-24-54)52-38-51(47-22-14-21-46(37-47)44-17-6-3-7-18-44)39-53(40-52)56-27-16-29-60-59-28-15-26-55(67(59)71-68(56)60)45-19-8-4-9-20-45;1-4-16-40(17-5-1)43-22-12-23-44(34-43)47-35-48(37-49(36-47)52-28-15-30-55-54-29-14-27-51(59(54)62-60(52)55)42-20-8-3-9-21-42)46-32-33-58-56(39-46)53-26-10-11-31-57(53)61(58)50-25-13-24-45(38-50)41-18-6-2-7-19-41/h3-43H,1-2H3;1-39H. The first-order valence-electron chi connectivity index (χ1n) is 45.9. The van der Waals surface area contributed by atoms with Crippen LogP contribution < -0.4 is 0 Å². The first-order valence-corrected chi connectivity index (χ1v) is 49.3. The maximum atomic E-state index is 2.45. The summed E-state index contributed by atoms with van der Waals surface area (Å²) < 4.78 is 10.7. The molecule has 1 aliphatic rings. The number of benzene rings is 21. The summed E-state index contributed by atoms with van der Waals surface area (Å²) in [6, 6.07) is 180. The van der Waals surface area contributed by atoms with Crippen LogP contribution in [0.1, 0.15) is 25.0 Å². The molecule has 624 valence electrons. The summed E-state index contributed by atoms with van der Waals surface area (Å²) in [4.78, 5) is 0. The predicted octanol–water partition coefficient (Wildman–Crippen LogP) is 34.6. The Morgan fingerprint density at radius 3 is 0.865 bits per heavy atom. The molecule has 0 aliphatic heterocycles. The molecule has 4 heteroatoms. The van der Waals surface area contributed by atoms with Crippen LogP contribution in [0.2, 0.25) is 0 Å². The Balaban J connectivity index is 0.000000144. The third kappa shape index (κ3) is 14.1. The van der Waals surface area contributed by atoms with Gasteiger partial charge < -0.3 is 0 Å². The molecule has 25 aromatic rings. The van der Waals surface area contributed by atoms with Crippen molar-refractivity contribution in [3.05, 3.63) is 496 Å². The van der Waals surface area contributed by atoms with E-state index in [4.69, 9.17) is 0 Å². The molecule has 26 rings (SSSR count). The van der Waals surface area contributed by atoms with Crippen molar-refractivity contribution in [2.24, 2.45) is 0 Å². The van der Waals surface area contributed by atoms with Gasteiger partial charge in [-0.15, -0.1) is 0 Å². The van der Waals surface area contributed by atoms with E-state index in [1.54, 1.807) is 0 Å². The number of nitrogens with zero attached hydrogens (tertiary/aromatic N) is 2. The van der Waals surface area contributed by atoms with Crippen molar-refractivity contribution in [3.8, 4) is 156 Å². The fourth-order valence-corrected chi connectivity index (χ4v) is 26.8. The second-order valence-electron chi connectivity index (χ2n) is 35.7. The number of hydrogen-bond donors (Lipinski definition) is 0. The van der Waals surface area contributed by atoms with Crippen LogP contribution in [-0.4, -0.2) is 38.1 Å². The third-order valence-electron chi connectivity index (χ3n) is 27.6. The van der Waals surface area contributed by atoms with Crippen LogP contribution in [-0.2, 0) is 5.41 Å². The minimum absolute atomic E-state index is 0.0730. The molecule has 4 aromatic heterocycles. The monoisotopic (exact) mass is 1820 g/mol. The molecule has 2 nitrogen and oxygen atoms in total. The molecule has 0 amide bonds. The van der Waals surface area contributed by atoms with Gasteiger partial charge in [-0.1, -0.05) is 111 Å². The van der Waals surface area contributed by atoms with Gasteiger partial charge in [-0.3, -0.25) is 0 Å². The van der Waals surface area contributed by atoms with Crippen molar-refractivity contribution in [2.45, 2.75) is 19.3 Å². The van der Waals surface area contributed by atoms with E-state index >= 15 is 0 Å². The fourth-order valence-electron chi connectivity index (χ4n) is 21.0. The van der Waals surface area contributed by atoms with Crippen molar-refractivity contribution in [1.82, 2.24) is 9.13 Å². The maximum absolute atomic E-state index is 2.45. The molecule has 21 aromatic carbocycles. The van der Waals surface area contributed by atoms with Crippen molar-refractivity contribution in [2.75, 3.05) is 0 Å². The van der Waals surface area contributed by atoms with E-state index in [1.165, 1.54) is 238 Å². The molecule has 0 bridgehead atoms. The minimum atomic E-state index is -0.0730. The zero-order valence-electron chi connectivity index (χ0n) is 73.4. The SMILES string of the molecule is CC1(C)c2ccccc2-c2ccc(-c3ccc4c(c3)c3cc(-c5cc(-c6cccc(-c7ccccc7)c6)cc(-c6cccc7c6[se]c6c(-c8ccccc8)cccc67)c5)ccc3n4-c3ccccc3)cc21.c1ccc(-c2cccc(-c3cc(-c4ccc5c(c4)c4ccccc4n5-c4cccc(-c5ccccc5)c4)cc(-c4cccc5c4[se]c4c(-c6ccccc6)cccc45)c3)c2)cc1. The topological polar surface area (TPSA) is 9.86 Å². The average Bonchev–Trinajstić information content (AvgIpc) is 1.40. The van der Waals surface area contributed by atoms with Crippen molar-refractivity contribution in [1.29, 1.82) is 0 Å². The van der Waals surface area contributed by atoms with E-state index < -0.39 is 0 Å². The van der Waals surface area contributed by atoms with E-state index in [0.717, 1.165) is 11.4 Å². The van der Waals surface area contributed by atoms with Crippen LogP contribution in [0.25, 0.3) is 238 Å². The molecule has 1 aliphatic carbocycles. The molecule has 0 spiro atoms. The Bertz CT molecular complexity index is 8880. The number of rotatable bonds is 14. The molecular weight excluding hydrogens is 1740 g/mol. The first-order chi connectivity index (χ1) is 65.7. The Morgan fingerprint density at radius 2 is 0.414 bits per heavy atom. The summed E-state index contributed by atoms with van der Waals surface area (Å²) in [6.45, 7) is 4.74. The van der Waals surface area contributed by atoms with Crippen LogP contribution in [0.5, 0.6) is 0 Å². The Kier molecular flexibility index (Phi) is 19.7. The van der Waals surface area contributed by atoms with Gasteiger partial charge in [0.05, 0.1) is 0 Å². The quantitative estimate of drug-likeness (QED) is 0.0961. The molecule has 0 saturated carbocycles. The average molecular weight is 1820 g/mol. The molecule has 0 N–H and O–H groups in total. The number of hydrogen-bond acceptors (Lipinski definition) is 0. The van der Waals surface area contributed by atoms with E-state index in [-0.39, 0.29) is 34.4 Å². The molecule has 0 radical (unpaired) electrons. The van der Waals surface area contributed by atoms with Gasteiger partial charge in [-0.2, -0.15) is 0 Å². The molecule has 4 heterocycles. The second kappa shape index (κ2) is 33.0. The molecule has 133 heavy (non-hydrogen) atoms. The number of fused-ring (bicyclic) bond motifs is 15. The summed E-state index contributed by atoms with van der Waals surface area (Å²) >= 11 is 0.251. The summed E-state index contributed by atoms with van der Waals surface area (Å²) in [5, 5.41) is 10.4. The van der Waals surface area contributed by atoms with E-state index in [9.17, 15) is 0 Å². The van der Waals surface area contributed by atoms with Crippen molar-refractivity contribution < 1.29 is 0 Å². The summed E-state index contributed by atoms with van der Waals surface area (Å²) in [6.07, 6.45) is 0. The third-order valence-corrected chi connectivity index (χ3v) is 33.0. The van der Waals surface area contributed by atoms with E-state index in [0.29, 0.717) is 0 Å². The van der Waals surface area contributed by atoms with Crippen LogP contribution in [0.3, 0.4) is 0 Å². The number of aromatic nitrogens is 2. The van der Waals surface area contributed by atoms with E-state index in [1.807, 2.05) is 0 Å². The van der Waals surface area contributed by atoms with Gasteiger partial charge in [0, 0.05) is 5.41 Å².